The Morgan fingerprint density at radius 3 is 2.68 bits per heavy atom. The molecule has 4 nitrogen and oxygen atoms in total. The van der Waals surface area contributed by atoms with Crippen LogP contribution in [0.4, 0.5) is 0 Å². The average molecular weight is 262 g/mol. The molecule has 0 aromatic heterocycles. The SMILES string of the molecule is C#CCNC(=O)CC1NC(=O)CC12CCCCCC2. The van der Waals surface area contributed by atoms with E-state index in [9.17, 15) is 9.59 Å². The highest BCUT2D eigenvalue weighted by Gasteiger charge is 2.46. The molecule has 1 spiro atoms. The molecule has 1 atom stereocenters. The predicted molar refractivity (Wildman–Crippen MR) is 73.1 cm³/mol. The second kappa shape index (κ2) is 6.10. The quantitative estimate of drug-likeness (QED) is 0.754. The van der Waals surface area contributed by atoms with Crippen LogP contribution in [-0.4, -0.2) is 24.4 Å². The molecule has 2 amide bonds. The highest BCUT2D eigenvalue weighted by molar-refractivity contribution is 5.83. The molecule has 0 aromatic carbocycles. The van der Waals surface area contributed by atoms with Crippen LogP contribution in [0.5, 0.6) is 0 Å². The van der Waals surface area contributed by atoms with Crippen LogP contribution >= 0.6 is 0 Å². The van der Waals surface area contributed by atoms with Gasteiger partial charge in [0.15, 0.2) is 0 Å². The van der Waals surface area contributed by atoms with Gasteiger partial charge in [0.2, 0.25) is 11.8 Å². The third-order valence-electron chi connectivity index (χ3n) is 4.46. The van der Waals surface area contributed by atoms with Gasteiger partial charge in [0.05, 0.1) is 6.54 Å². The first-order valence-corrected chi connectivity index (χ1v) is 7.16. The van der Waals surface area contributed by atoms with E-state index in [-0.39, 0.29) is 29.8 Å². The van der Waals surface area contributed by atoms with Crippen LogP contribution in [0.2, 0.25) is 0 Å². The minimum Gasteiger partial charge on any atom is -0.352 e. The average Bonchev–Trinajstić information content (AvgIpc) is 2.55. The van der Waals surface area contributed by atoms with E-state index in [1.807, 2.05) is 0 Å². The van der Waals surface area contributed by atoms with Crippen molar-refractivity contribution >= 4 is 11.8 Å². The van der Waals surface area contributed by atoms with Gasteiger partial charge in [-0.15, -0.1) is 6.42 Å². The molecule has 0 aromatic rings. The number of terminal acetylenes is 1. The second-order valence-electron chi connectivity index (χ2n) is 5.76. The monoisotopic (exact) mass is 262 g/mol. The van der Waals surface area contributed by atoms with Gasteiger partial charge in [-0.05, 0) is 18.3 Å². The van der Waals surface area contributed by atoms with E-state index in [0.717, 1.165) is 25.7 Å². The number of carbonyl (C=O) groups is 2. The molecule has 2 N–H and O–H groups in total. The zero-order valence-corrected chi connectivity index (χ0v) is 11.3. The van der Waals surface area contributed by atoms with Gasteiger partial charge in [0.1, 0.15) is 0 Å². The lowest BCUT2D eigenvalue weighted by molar-refractivity contribution is -0.121. The molecule has 1 unspecified atom stereocenters. The normalized spacial score (nSPS) is 25.4. The molecule has 2 fully saturated rings. The van der Waals surface area contributed by atoms with E-state index >= 15 is 0 Å². The summed E-state index contributed by atoms with van der Waals surface area (Å²) < 4.78 is 0. The Balaban J connectivity index is 2.02. The van der Waals surface area contributed by atoms with Gasteiger partial charge in [-0.25, -0.2) is 0 Å². The molecule has 1 saturated heterocycles. The van der Waals surface area contributed by atoms with Crippen molar-refractivity contribution in [1.82, 2.24) is 10.6 Å². The lowest BCUT2D eigenvalue weighted by Gasteiger charge is -2.32. The largest absolute Gasteiger partial charge is 0.352 e. The summed E-state index contributed by atoms with van der Waals surface area (Å²) in [6.07, 6.45) is 13.0. The number of nitrogens with one attached hydrogen (secondary N) is 2. The van der Waals surface area contributed by atoms with E-state index in [1.54, 1.807) is 0 Å². The van der Waals surface area contributed by atoms with E-state index in [1.165, 1.54) is 12.8 Å². The number of rotatable bonds is 3. The molecule has 2 rings (SSSR count). The molecule has 104 valence electrons. The van der Waals surface area contributed by atoms with Crippen LogP contribution in [0.15, 0.2) is 0 Å². The van der Waals surface area contributed by atoms with Crippen molar-refractivity contribution in [1.29, 1.82) is 0 Å². The van der Waals surface area contributed by atoms with E-state index in [2.05, 4.69) is 16.6 Å². The topological polar surface area (TPSA) is 58.2 Å². The summed E-state index contributed by atoms with van der Waals surface area (Å²) in [6.45, 7) is 0.256. The van der Waals surface area contributed by atoms with Crippen molar-refractivity contribution < 1.29 is 9.59 Å². The van der Waals surface area contributed by atoms with Crippen molar-refractivity contribution in [2.24, 2.45) is 5.41 Å². The molecular formula is C15H22N2O2. The van der Waals surface area contributed by atoms with Crippen LogP contribution in [-0.2, 0) is 9.59 Å². The fourth-order valence-electron chi connectivity index (χ4n) is 3.47. The summed E-state index contributed by atoms with van der Waals surface area (Å²) in [5.74, 6) is 2.43. The van der Waals surface area contributed by atoms with Gasteiger partial charge in [0.25, 0.3) is 0 Å². The maximum Gasteiger partial charge on any atom is 0.222 e. The fourth-order valence-corrected chi connectivity index (χ4v) is 3.47. The van der Waals surface area contributed by atoms with Crippen molar-refractivity contribution in [3.05, 3.63) is 0 Å². The van der Waals surface area contributed by atoms with Crippen LogP contribution in [0.1, 0.15) is 51.4 Å². The zero-order valence-electron chi connectivity index (χ0n) is 11.3. The van der Waals surface area contributed by atoms with E-state index < -0.39 is 0 Å². The first-order valence-electron chi connectivity index (χ1n) is 7.16. The summed E-state index contributed by atoms with van der Waals surface area (Å²) in [6, 6.07) is -0.0177. The second-order valence-corrected chi connectivity index (χ2v) is 5.76. The molecule has 2 aliphatic rings. The third kappa shape index (κ3) is 3.28. The van der Waals surface area contributed by atoms with Crippen molar-refractivity contribution in [3.8, 4) is 12.3 Å². The zero-order chi connectivity index (χ0) is 13.7. The third-order valence-corrected chi connectivity index (χ3v) is 4.46. The molecule has 4 heteroatoms. The molecular weight excluding hydrogens is 240 g/mol. The first-order chi connectivity index (χ1) is 9.16. The molecule has 19 heavy (non-hydrogen) atoms. The first kappa shape index (κ1) is 13.9. The number of hydrogen-bond acceptors (Lipinski definition) is 2. The number of hydrogen-bond donors (Lipinski definition) is 2. The van der Waals surface area contributed by atoms with Gasteiger partial charge >= 0.3 is 0 Å². The molecule has 0 radical (unpaired) electrons. The Bertz CT molecular complexity index is 389. The highest BCUT2D eigenvalue weighted by Crippen LogP contribution is 2.45. The Hall–Kier alpha value is -1.50. The maximum absolute atomic E-state index is 11.8. The van der Waals surface area contributed by atoms with Crippen LogP contribution in [0.3, 0.4) is 0 Å². The van der Waals surface area contributed by atoms with Gasteiger partial charge in [-0.2, -0.15) is 0 Å². The summed E-state index contributed by atoms with van der Waals surface area (Å²) >= 11 is 0. The molecule has 0 bridgehead atoms. The van der Waals surface area contributed by atoms with Gasteiger partial charge in [-0.3, -0.25) is 9.59 Å². The van der Waals surface area contributed by atoms with Crippen molar-refractivity contribution in [2.75, 3.05) is 6.54 Å². The van der Waals surface area contributed by atoms with E-state index in [4.69, 9.17) is 6.42 Å². The van der Waals surface area contributed by atoms with Crippen LogP contribution in [0.25, 0.3) is 0 Å². The Morgan fingerprint density at radius 1 is 1.37 bits per heavy atom. The molecule has 1 heterocycles. The maximum atomic E-state index is 11.8. The van der Waals surface area contributed by atoms with Crippen LogP contribution < -0.4 is 10.6 Å². The summed E-state index contributed by atoms with van der Waals surface area (Å²) in [4.78, 5) is 23.6. The van der Waals surface area contributed by atoms with Gasteiger partial charge < -0.3 is 10.6 Å². The Labute approximate surface area is 114 Å². The summed E-state index contributed by atoms with van der Waals surface area (Å²) in [7, 11) is 0. The standard InChI is InChI=1S/C15H22N2O2/c1-2-9-16-13(18)10-12-15(11-14(19)17-12)7-5-3-4-6-8-15/h1,12H,3-11H2,(H,16,18)(H,17,19). The van der Waals surface area contributed by atoms with Crippen LogP contribution in [0, 0.1) is 17.8 Å². The number of carbonyl (C=O) groups excluding carboxylic acids is 2. The fraction of sp³-hybridized carbons (Fsp3) is 0.733. The Kier molecular flexibility index (Phi) is 4.47. The Morgan fingerprint density at radius 2 is 2.05 bits per heavy atom. The highest BCUT2D eigenvalue weighted by atomic mass is 16.2. The molecule has 1 saturated carbocycles. The summed E-state index contributed by atoms with van der Waals surface area (Å²) in [5.41, 5.74) is 0.00106. The smallest absolute Gasteiger partial charge is 0.222 e. The minimum absolute atomic E-state index is 0.00106. The minimum atomic E-state index is -0.0613. The van der Waals surface area contributed by atoms with E-state index in [0.29, 0.717) is 12.8 Å². The lowest BCUT2D eigenvalue weighted by atomic mass is 9.73. The van der Waals surface area contributed by atoms with Gasteiger partial charge in [-0.1, -0.05) is 31.6 Å². The molecule has 1 aliphatic carbocycles. The van der Waals surface area contributed by atoms with Gasteiger partial charge in [0, 0.05) is 18.9 Å². The summed E-state index contributed by atoms with van der Waals surface area (Å²) in [5, 5.41) is 5.68. The number of amides is 2. The van der Waals surface area contributed by atoms with Crippen molar-refractivity contribution in [2.45, 2.75) is 57.4 Å². The van der Waals surface area contributed by atoms with Crippen molar-refractivity contribution in [3.63, 3.8) is 0 Å². The lowest BCUT2D eigenvalue weighted by Crippen LogP contribution is -2.41. The predicted octanol–water partition coefficient (Wildman–Crippen LogP) is 1.35. The molecule has 1 aliphatic heterocycles.